The number of pyridine rings is 1. The number of aromatic nitrogens is 3. The second-order valence-corrected chi connectivity index (χ2v) is 5.77. The average Bonchev–Trinajstić information content (AvgIpc) is 3.16. The van der Waals surface area contributed by atoms with Crippen molar-refractivity contribution >= 4 is 28.4 Å². The van der Waals surface area contributed by atoms with Gasteiger partial charge >= 0.3 is 0 Å². The van der Waals surface area contributed by atoms with Crippen LogP contribution in [0.1, 0.15) is 23.3 Å². The van der Waals surface area contributed by atoms with Crippen molar-refractivity contribution in [3.63, 3.8) is 0 Å². The van der Waals surface area contributed by atoms with Gasteiger partial charge < -0.3 is 10.2 Å². The van der Waals surface area contributed by atoms with E-state index >= 15 is 0 Å². The van der Waals surface area contributed by atoms with E-state index in [2.05, 4.69) is 20.3 Å². The van der Waals surface area contributed by atoms with Gasteiger partial charge in [-0.1, -0.05) is 18.2 Å². The summed E-state index contributed by atoms with van der Waals surface area (Å²) in [5, 5.41) is 4.21. The number of rotatable bonds is 3. The van der Waals surface area contributed by atoms with Crippen molar-refractivity contribution in [3.05, 3.63) is 54.5 Å². The molecule has 24 heavy (non-hydrogen) atoms. The topological polar surface area (TPSA) is 71.0 Å². The second kappa shape index (κ2) is 6.23. The smallest absolute Gasteiger partial charge is 0.272 e. The highest BCUT2D eigenvalue weighted by Gasteiger charge is 2.21. The first-order valence-electron chi connectivity index (χ1n) is 8.04. The summed E-state index contributed by atoms with van der Waals surface area (Å²) in [4.78, 5) is 27.3. The SMILES string of the molecule is O=C(c1ccnc(Nc2cccc3cccnc23)n1)N1CCCC1. The second-order valence-electron chi connectivity index (χ2n) is 5.77. The minimum atomic E-state index is -0.0333. The van der Waals surface area contributed by atoms with E-state index in [0.717, 1.165) is 42.5 Å². The molecule has 3 aromatic rings. The van der Waals surface area contributed by atoms with Gasteiger partial charge in [-0.3, -0.25) is 9.78 Å². The molecule has 0 aliphatic carbocycles. The van der Waals surface area contributed by atoms with Gasteiger partial charge in [0.1, 0.15) is 5.69 Å². The fourth-order valence-electron chi connectivity index (χ4n) is 2.95. The monoisotopic (exact) mass is 319 g/mol. The lowest BCUT2D eigenvalue weighted by Crippen LogP contribution is -2.28. The van der Waals surface area contributed by atoms with Crippen LogP contribution < -0.4 is 5.32 Å². The van der Waals surface area contributed by atoms with E-state index in [1.807, 2.05) is 35.2 Å². The van der Waals surface area contributed by atoms with E-state index in [9.17, 15) is 4.79 Å². The highest BCUT2D eigenvalue weighted by atomic mass is 16.2. The Morgan fingerprint density at radius 2 is 1.83 bits per heavy atom. The molecule has 0 radical (unpaired) electrons. The number of likely N-dealkylation sites (tertiary alicyclic amines) is 1. The number of fused-ring (bicyclic) bond motifs is 1. The van der Waals surface area contributed by atoms with Crippen molar-refractivity contribution in [3.8, 4) is 0 Å². The van der Waals surface area contributed by atoms with Crippen molar-refractivity contribution in [1.82, 2.24) is 19.9 Å². The number of anilines is 2. The first-order valence-corrected chi connectivity index (χ1v) is 8.04. The summed E-state index contributed by atoms with van der Waals surface area (Å²) in [6, 6.07) is 11.4. The van der Waals surface area contributed by atoms with Gasteiger partial charge in [0, 0.05) is 30.9 Å². The highest BCUT2D eigenvalue weighted by molar-refractivity contribution is 5.93. The third-order valence-corrected chi connectivity index (χ3v) is 4.15. The van der Waals surface area contributed by atoms with Gasteiger partial charge in [0.05, 0.1) is 11.2 Å². The third kappa shape index (κ3) is 2.78. The average molecular weight is 319 g/mol. The fraction of sp³-hybridized carbons (Fsp3) is 0.222. The molecule has 0 bridgehead atoms. The maximum absolute atomic E-state index is 12.5. The van der Waals surface area contributed by atoms with E-state index < -0.39 is 0 Å². The standard InChI is InChI=1S/C18H17N5O/c24-17(23-11-1-2-12-23)15-8-10-20-18(22-15)21-14-7-3-5-13-6-4-9-19-16(13)14/h3-10H,1-2,11-12H2,(H,20,21,22). The van der Waals surface area contributed by atoms with Gasteiger partial charge in [-0.25, -0.2) is 9.97 Å². The molecule has 1 fully saturated rings. The number of amides is 1. The minimum absolute atomic E-state index is 0.0333. The molecule has 1 aliphatic rings. The Bertz CT molecular complexity index is 884. The van der Waals surface area contributed by atoms with Crippen molar-refractivity contribution < 1.29 is 4.79 Å². The van der Waals surface area contributed by atoms with E-state index in [4.69, 9.17) is 0 Å². The Hall–Kier alpha value is -3.02. The molecule has 120 valence electrons. The fourth-order valence-corrected chi connectivity index (χ4v) is 2.95. The van der Waals surface area contributed by atoms with Crippen LogP contribution in [0.2, 0.25) is 0 Å². The first kappa shape index (κ1) is 14.6. The summed E-state index contributed by atoms with van der Waals surface area (Å²) in [5.74, 6) is 0.368. The van der Waals surface area contributed by atoms with Crippen LogP contribution in [0.3, 0.4) is 0 Å². The molecule has 0 spiro atoms. The molecule has 0 atom stereocenters. The van der Waals surface area contributed by atoms with E-state index in [-0.39, 0.29) is 5.91 Å². The van der Waals surface area contributed by atoms with Gasteiger partial charge in [-0.2, -0.15) is 0 Å². The maximum atomic E-state index is 12.5. The van der Waals surface area contributed by atoms with E-state index in [1.54, 1.807) is 18.5 Å². The lowest BCUT2D eigenvalue weighted by atomic mass is 10.2. The molecule has 1 amide bonds. The Morgan fingerprint density at radius 1 is 1.00 bits per heavy atom. The largest absolute Gasteiger partial charge is 0.337 e. The molecular formula is C18H17N5O. The Balaban J connectivity index is 1.62. The van der Waals surface area contributed by atoms with Crippen LogP contribution in [0.5, 0.6) is 0 Å². The van der Waals surface area contributed by atoms with Crippen molar-refractivity contribution in [1.29, 1.82) is 0 Å². The summed E-state index contributed by atoms with van der Waals surface area (Å²) < 4.78 is 0. The zero-order valence-corrected chi connectivity index (χ0v) is 13.1. The van der Waals surface area contributed by atoms with Gasteiger partial charge in [0.25, 0.3) is 5.91 Å². The normalized spacial score (nSPS) is 14.1. The molecule has 1 saturated heterocycles. The zero-order valence-electron chi connectivity index (χ0n) is 13.1. The summed E-state index contributed by atoms with van der Waals surface area (Å²) in [7, 11) is 0. The number of para-hydroxylation sites is 1. The summed E-state index contributed by atoms with van der Waals surface area (Å²) >= 11 is 0. The number of carbonyl (C=O) groups is 1. The maximum Gasteiger partial charge on any atom is 0.272 e. The molecule has 1 aliphatic heterocycles. The van der Waals surface area contributed by atoms with Crippen LogP contribution in [0.4, 0.5) is 11.6 Å². The number of nitrogens with zero attached hydrogens (tertiary/aromatic N) is 4. The molecule has 1 aromatic carbocycles. The number of hydrogen-bond donors (Lipinski definition) is 1. The van der Waals surface area contributed by atoms with Crippen LogP contribution in [-0.2, 0) is 0 Å². The lowest BCUT2D eigenvalue weighted by Gasteiger charge is -2.15. The van der Waals surface area contributed by atoms with Gasteiger partial charge in [0.15, 0.2) is 0 Å². The van der Waals surface area contributed by atoms with Crippen molar-refractivity contribution in [2.75, 3.05) is 18.4 Å². The van der Waals surface area contributed by atoms with Crippen LogP contribution in [-0.4, -0.2) is 38.8 Å². The molecule has 0 unspecified atom stereocenters. The number of hydrogen-bond acceptors (Lipinski definition) is 5. The summed E-state index contributed by atoms with van der Waals surface area (Å²) in [5.41, 5.74) is 2.08. The zero-order chi connectivity index (χ0) is 16.4. The van der Waals surface area contributed by atoms with Gasteiger partial charge in [-0.15, -0.1) is 0 Å². The molecule has 3 heterocycles. The Labute approximate surface area is 139 Å². The van der Waals surface area contributed by atoms with E-state index in [1.165, 1.54) is 0 Å². The van der Waals surface area contributed by atoms with Gasteiger partial charge in [0.2, 0.25) is 5.95 Å². The van der Waals surface area contributed by atoms with Crippen LogP contribution in [0, 0.1) is 0 Å². The summed E-state index contributed by atoms with van der Waals surface area (Å²) in [6.07, 6.45) is 5.48. The molecule has 0 saturated carbocycles. The number of carbonyl (C=O) groups excluding carboxylic acids is 1. The predicted octanol–water partition coefficient (Wildman–Crippen LogP) is 3.00. The Morgan fingerprint density at radius 3 is 2.71 bits per heavy atom. The number of benzene rings is 1. The van der Waals surface area contributed by atoms with Crippen LogP contribution in [0.15, 0.2) is 48.8 Å². The molecule has 1 N–H and O–H groups in total. The van der Waals surface area contributed by atoms with Gasteiger partial charge in [-0.05, 0) is 31.0 Å². The molecular weight excluding hydrogens is 302 g/mol. The molecule has 6 nitrogen and oxygen atoms in total. The summed E-state index contributed by atoms with van der Waals surface area (Å²) in [6.45, 7) is 1.61. The molecule has 2 aromatic heterocycles. The predicted molar refractivity (Wildman–Crippen MR) is 92.2 cm³/mol. The number of nitrogens with one attached hydrogen (secondary N) is 1. The Kier molecular flexibility index (Phi) is 3.78. The quantitative estimate of drug-likeness (QED) is 0.803. The highest BCUT2D eigenvalue weighted by Crippen LogP contribution is 2.23. The molecule has 6 heteroatoms. The van der Waals surface area contributed by atoms with Crippen LogP contribution in [0.25, 0.3) is 10.9 Å². The van der Waals surface area contributed by atoms with Crippen LogP contribution >= 0.6 is 0 Å². The third-order valence-electron chi connectivity index (χ3n) is 4.15. The van der Waals surface area contributed by atoms with Crippen molar-refractivity contribution in [2.24, 2.45) is 0 Å². The first-order chi connectivity index (χ1) is 11.8. The minimum Gasteiger partial charge on any atom is -0.337 e. The van der Waals surface area contributed by atoms with Crippen molar-refractivity contribution in [2.45, 2.75) is 12.8 Å². The molecule has 4 rings (SSSR count). The van der Waals surface area contributed by atoms with E-state index in [0.29, 0.717) is 11.6 Å². The lowest BCUT2D eigenvalue weighted by molar-refractivity contribution is 0.0787.